The Morgan fingerprint density at radius 3 is 2.81 bits per heavy atom. The van der Waals surface area contributed by atoms with Gasteiger partial charge in [0.15, 0.2) is 0 Å². The largest absolute Gasteiger partial charge is 0.392 e. The molecule has 1 rings (SSSR count). The second kappa shape index (κ2) is 5.07. The maximum absolute atomic E-state index is 11.7. The zero-order valence-electron chi connectivity index (χ0n) is 8.71. The van der Waals surface area contributed by atoms with E-state index in [1.54, 1.807) is 0 Å². The van der Waals surface area contributed by atoms with Crippen molar-refractivity contribution in [3.63, 3.8) is 0 Å². The van der Waals surface area contributed by atoms with Gasteiger partial charge in [-0.2, -0.15) is 5.26 Å². The molecule has 0 saturated heterocycles. The minimum atomic E-state index is -3.65. The minimum Gasteiger partial charge on any atom is -0.392 e. The molecule has 1 atom stereocenters. The van der Waals surface area contributed by atoms with Crippen molar-refractivity contribution in [1.82, 2.24) is 4.72 Å². The maximum Gasteiger partial charge on any atom is 0.240 e. The maximum atomic E-state index is 11.7. The molecule has 0 aromatic heterocycles. The van der Waals surface area contributed by atoms with Gasteiger partial charge in [-0.1, -0.05) is 6.07 Å². The Labute approximate surface area is 94.4 Å². The Hall–Kier alpha value is -1.42. The van der Waals surface area contributed by atoms with Gasteiger partial charge in [0.05, 0.1) is 22.6 Å². The molecule has 86 valence electrons. The highest BCUT2D eigenvalue weighted by Crippen LogP contribution is 2.10. The molecular formula is C10H12N2O3S. The number of nitriles is 1. The molecule has 2 N–H and O–H groups in total. The number of hydrogen-bond acceptors (Lipinski definition) is 4. The van der Waals surface area contributed by atoms with Gasteiger partial charge in [0.1, 0.15) is 0 Å². The number of rotatable bonds is 4. The van der Waals surface area contributed by atoms with Gasteiger partial charge in [0.2, 0.25) is 10.0 Å². The van der Waals surface area contributed by atoms with E-state index in [9.17, 15) is 8.42 Å². The first kappa shape index (κ1) is 12.6. The summed E-state index contributed by atoms with van der Waals surface area (Å²) in [7, 11) is -3.65. The fourth-order valence-corrected chi connectivity index (χ4v) is 2.21. The topological polar surface area (TPSA) is 90.2 Å². The first-order valence-electron chi connectivity index (χ1n) is 4.63. The van der Waals surface area contributed by atoms with Crippen molar-refractivity contribution < 1.29 is 13.5 Å². The number of hydrogen-bond donors (Lipinski definition) is 2. The number of sulfonamides is 1. The van der Waals surface area contributed by atoms with Gasteiger partial charge in [-0.05, 0) is 25.1 Å². The van der Waals surface area contributed by atoms with Crippen LogP contribution in [-0.2, 0) is 10.0 Å². The molecule has 0 aliphatic heterocycles. The van der Waals surface area contributed by atoms with E-state index in [4.69, 9.17) is 10.4 Å². The molecule has 0 amide bonds. The van der Waals surface area contributed by atoms with E-state index >= 15 is 0 Å². The van der Waals surface area contributed by atoms with Gasteiger partial charge >= 0.3 is 0 Å². The molecule has 1 unspecified atom stereocenters. The average molecular weight is 240 g/mol. The number of nitrogens with one attached hydrogen (secondary N) is 1. The van der Waals surface area contributed by atoms with Crippen LogP contribution < -0.4 is 4.72 Å². The van der Waals surface area contributed by atoms with Crippen molar-refractivity contribution in [2.75, 3.05) is 6.54 Å². The molecule has 0 fully saturated rings. The molecule has 0 radical (unpaired) electrons. The molecule has 16 heavy (non-hydrogen) atoms. The van der Waals surface area contributed by atoms with Crippen LogP contribution in [0.2, 0.25) is 0 Å². The lowest BCUT2D eigenvalue weighted by molar-refractivity contribution is 0.198. The SMILES string of the molecule is CC(O)CNS(=O)(=O)c1cccc(C#N)c1. The molecule has 0 saturated carbocycles. The van der Waals surface area contributed by atoms with Crippen LogP contribution in [0.1, 0.15) is 12.5 Å². The van der Waals surface area contributed by atoms with Gasteiger partial charge in [-0.15, -0.1) is 0 Å². The van der Waals surface area contributed by atoms with E-state index in [-0.39, 0.29) is 17.0 Å². The zero-order chi connectivity index (χ0) is 12.2. The van der Waals surface area contributed by atoms with E-state index in [2.05, 4.69) is 4.72 Å². The monoisotopic (exact) mass is 240 g/mol. The average Bonchev–Trinajstić information content (AvgIpc) is 2.27. The molecule has 1 aromatic rings. The summed E-state index contributed by atoms with van der Waals surface area (Å²) in [6.45, 7) is 1.42. The second-order valence-corrected chi connectivity index (χ2v) is 5.11. The smallest absolute Gasteiger partial charge is 0.240 e. The summed E-state index contributed by atoms with van der Waals surface area (Å²) in [6, 6.07) is 7.56. The molecule has 6 heteroatoms. The standard InChI is InChI=1S/C10H12N2O3S/c1-8(13)7-12-16(14,15)10-4-2-3-9(5-10)6-11/h2-5,8,12-13H,7H2,1H3. The summed E-state index contributed by atoms with van der Waals surface area (Å²) in [4.78, 5) is 0.0206. The van der Waals surface area contributed by atoms with Crippen LogP contribution in [0.4, 0.5) is 0 Å². The normalized spacial score (nSPS) is 13.1. The van der Waals surface area contributed by atoms with E-state index < -0.39 is 16.1 Å². The van der Waals surface area contributed by atoms with Gasteiger partial charge in [-0.3, -0.25) is 0 Å². The fraction of sp³-hybridized carbons (Fsp3) is 0.300. The minimum absolute atomic E-state index is 0.0206. The van der Waals surface area contributed by atoms with Gasteiger partial charge in [-0.25, -0.2) is 13.1 Å². The summed E-state index contributed by atoms with van der Waals surface area (Å²) < 4.78 is 25.6. The van der Waals surface area contributed by atoms with Crippen LogP contribution in [-0.4, -0.2) is 26.2 Å². The molecule has 0 aliphatic rings. The quantitative estimate of drug-likeness (QED) is 0.787. The van der Waals surface area contributed by atoms with E-state index in [1.165, 1.54) is 31.2 Å². The lowest BCUT2D eigenvalue weighted by Crippen LogP contribution is -2.30. The van der Waals surface area contributed by atoms with Crippen molar-refractivity contribution >= 4 is 10.0 Å². The van der Waals surface area contributed by atoms with Crippen LogP contribution >= 0.6 is 0 Å². The van der Waals surface area contributed by atoms with E-state index in [0.717, 1.165) is 0 Å². The summed E-state index contributed by atoms with van der Waals surface area (Å²) in [5.74, 6) is 0. The van der Waals surface area contributed by atoms with Crippen molar-refractivity contribution in [2.45, 2.75) is 17.9 Å². The van der Waals surface area contributed by atoms with Crippen molar-refractivity contribution in [2.24, 2.45) is 0 Å². The van der Waals surface area contributed by atoms with Crippen molar-refractivity contribution in [3.8, 4) is 6.07 Å². The van der Waals surface area contributed by atoms with Crippen LogP contribution in [0.25, 0.3) is 0 Å². The molecule has 5 nitrogen and oxygen atoms in total. The van der Waals surface area contributed by atoms with E-state index in [1.807, 2.05) is 6.07 Å². The summed E-state index contributed by atoms with van der Waals surface area (Å²) in [5, 5.41) is 17.6. The third kappa shape index (κ3) is 3.31. The first-order chi connectivity index (χ1) is 7.45. The second-order valence-electron chi connectivity index (χ2n) is 3.34. The Morgan fingerprint density at radius 1 is 1.56 bits per heavy atom. The Morgan fingerprint density at radius 2 is 2.25 bits per heavy atom. The van der Waals surface area contributed by atoms with Crippen LogP contribution in [0.3, 0.4) is 0 Å². The lowest BCUT2D eigenvalue weighted by atomic mass is 10.2. The molecule has 0 aliphatic carbocycles. The molecule has 0 spiro atoms. The number of aliphatic hydroxyl groups is 1. The van der Waals surface area contributed by atoms with Gasteiger partial charge in [0.25, 0.3) is 0 Å². The highest BCUT2D eigenvalue weighted by Gasteiger charge is 2.14. The van der Waals surface area contributed by atoms with E-state index in [0.29, 0.717) is 0 Å². The van der Waals surface area contributed by atoms with Crippen molar-refractivity contribution in [3.05, 3.63) is 29.8 Å². The first-order valence-corrected chi connectivity index (χ1v) is 6.12. The Kier molecular flexibility index (Phi) is 4.01. The number of aliphatic hydroxyl groups excluding tert-OH is 1. The molecule has 1 aromatic carbocycles. The van der Waals surface area contributed by atoms with Crippen molar-refractivity contribution in [1.29, 1.82) is 5.26 Å². The number of benzene rings is 1. The number of nitrogens with zero attached hydrogens (tertiary/aromatic N) is 1. The lowest BCUT2D eigenvalue weighted by Gasteiger charge is -2.08. The predicted molar refractivity (Wildman–Crippen MR) is 58.0 cm³/mol. The third-order valence-electron chi connectivity index (χ3n) is 1.84. The zero-order valence-corrected chi connectivity index (χ0v) is 9.53. The highest BCUT2D eigenvalue weighted by atomic mass is 32.2. The predicted octanol–water partition coefficient (Wildman–Crippen LogP) is 0.217. The van der Waals surface area contributed by atoms with Gasteiger partial charge in [0, 0.05) is 6.54 Å². The van der Waals surface area contributed by atoms with Crippen LogP contribution in [0, 0.1) is 11.3 Å². The summed E-state index contributed by atoms with van der Waals surface area (Å²) in [6.07, 6.45) is -0.756. The molecule has 0 heterocycles. The summed E-state index contributed by atoms with van der Waals surface area (Å²) >= 11 is 0. The summed E-state index contributed by atoms with van der Waals surface area (Å²) in [5.41, 5.74) is 0.278. The Balaban J connectivity index is 2.95. The fourth-order valence-electron chi connectivity index (χ4n) is 1.05. The van der Waals surface area contributed by atoms with Gasteiger partial charge < -0.3 is 5.11 Å². The Bertz CT molecular complexity index is 503. The molecule has 0 bridgehead atoms. The highest BCUT2D eigenvalue weighted by molar-refractivity contribution is 7.89. The van der Waals surface area contributed by atoms with Crippen LogP contribution in [0.5, 0.6) is 0 Å². The molecular weight excluding hydrogens is 228 g/mol. The van der Waals surface area contributed by atoms with Crippen LogP contribution in [0.15, 0.2) is 29.2 Å². The third-order valence-corrected chi connectivity index (χ3v) is 3.26.